The zero-order valence-electron chi connectivity index (χ0n) is 9.32. The van der Waals surface area contributed by atoms with Crippen LogP contribution in [0.3, 0.4) is 0 Å². The first-order valence-electron chi connectivity index (χ1n) is 5.41. The van der Waals surface area contributed by atoms with Crippen molar-refractivity contribution in [2.24, 2.45) is 0 Å². The zero-order chi connectivity index (χ0) is 11.5. The van der Waals surface area contributed by atoms with Crippen LogP contribution in [0.4, 0.5) is 5.69 Å². The van der Waals surface area contributed by atoms with E-state index in [9.17, 15) is 4.79 Å². The summed E-state index contributed by atoms with van der Waals surface area (Å²) >= 11 is 3.59. The molecule has 0 unspecified atom stereocenters. The van der Waals surface area contributed by atoms with Gasteiger partial charge in [0.1, 0.15) is 0 Å². The highest BCUT2D eigenvalue weighted by molar-refractivity contribution is 9.10. The highest BCUT2D eigenvalue weighted by Crippen LogP contribution is 2.27. The molecule has 86 valence electrons. The van der Waals surface area contributed by atoms with Gasteiger partial charge in [-0.05, 0) is 40.5 Å². The number of amides is 1. The second-order valence-corrected chi connectivity index (χ2v) is 4.94. The number of carbonyl (C=O) groups is 1. The molecule has 0 spiro atoms. The fourth-order valence-corrected chi connectivity index (χ4v) is 2.68. The lowest BCUT2D eigenvalue weighted by Crippen LogP contribution is -2.45. The Morgan fingerprint density at radius 2 is 1.94 bits per heavy atom. The Kier molecular flexibility index (Phi) is 3.49. The van der Waals surface area contributed by atoms with Crippen LogP contribution in [0.2, 0.25) is 0 Å². The number of halogens is 1. The molecule has 1 heterocycles. The van der Waals surface area contributed by atoms with Crippen molar-refractivity contribution in [2.75, 3.05) is 31.1 Å². The van der Waals surface area contributed by atoms with Gasteiger partial charge in [-0.1, -0.05) is 6.07 Å². The number of nitrogens with zero attached hydrogens (tertiary/aromatic N) is 2. The molecule has 0 atom stereocenters. The van der Waals surface area contributed by atoms with Crippen molar-refractivity contribution in [3.63, 3.8) is 0 Å². The van der Waals surface area contributed by atoms with Crippen LogP contribution < -0.4 is 4.90 Å². The van der Waals surface area contributed by atoms with Crippen LogP contribution >= 0.6 is 15.9 Å². The zero-order valence-corrected chi connectivity index (χ0v) is 10.9. The van der Waals surface area contributed by atoms with E-state index in [-0.39, 0.29) is 0 Å². The summed E-state index contributed by atoms with van der Waals surface area (Å²) < 4.78 is 1.13. The van der Waals surface area contributed by atoms with Gasteiger partial charge in [-0.15, -0.1) is 0 Å². The van der Waals surface area contributed by atoms with Crippen molar-refractivity contribution in [1.82, 2.24) is 4.90 Å². The number of rotatable bonds is 2. The molecule has 1 amide bonds. The minimum absolute atomic E-state index is 0.809. The predicted octanol–water partition coefficient (Wildman–Crippen LogP) is 2.04. The predicted molar refractivity (Wildman–Crippen MR) is 68.7 cm³/mol. The van der Waals surface area contributed by atoms with Crippen LogP contribution in [-0.2, 0) is 4.79 Å². The summed E-state index contributed by atoms with van der Waals surface area (Å²) in [6.45, 7) is 5.51. The molecule has 1 aromatic rings. The highest BCUT2D eigenvalue weighted by atomic mass is 79.9. The molecule has 4 heteroatoms. The van der Waals surface area contributed by atoms with Gasteiger partial charge in [0.25, 0.3) is 0 Å². The van der Waals surface area contributed by atoms with E-state index in [0.29, 0.717) is 0 Å². The van der Waals surface area contributed by atoms with Gasteiger partial charge in [-0.2, -0.15) is 0 Å². The van der Waals surface area contributed by atoms with Crippen LogP contribution in [0, 0.1) is 6.92 Å². The lowest BCUT2D eigenvalue weighted by atomic mass is 10.2. The normalized spacial score (nSPS) is 16.4. The Balaban J connectivity index is 2.11. The fraction of sp³-hybridized carbons (Fsp3) is 0.417. The molecule has 2 rings (SSSR count). The monoisotopic (exact) mass is 282 g/mol. The van der Waals surface area contributed by atoms with Crippen molar-refractivity contribution < 1.29 is 4.79 Å². The number of anilines is 1. The quantitative estimate of drug-likeness (QED) is 0.775. The maximum atomic E-state index is 10.6. The Morgan fingerprint density at radius 3 is 2.50 bits per heavy atom. The van der Waals surface area contributed by atoms with E-state index >= 15 is 0 Å². The molecule has 0 bridgehead atoms. The Hall–Kier alpha value is -1.03. The van der Waals surface area contributed by atoms with Crippen LogP contribution in [0.15, 0.2) is 22.7 Å². The third-order valence-corrected chi connectivity index (χ3v) is 3.54. The Morgan fingerprint density at radius 1 is 1.25 bits per heavy atom. The molecule has 1 fully saturated rings. The summed E-state index contributed by atoms with van der Waals surface area (Å²) in [6, 6.07) is 6.38. The molecular formula is C12H15BrN2O. The summed E-state index contributed by atoms with van der Waals surface area (Å²) in [5.74, 6) is 0. The fourth-order valence-electron chi connectivity index (χ4n) is 1.94. The van der Waals surface area contributed by atoms with Gasteiger partial charge < -0.3 is 9.80 Å². The number of aryl methyl sites for hydroxylation is 1. The van der Waals surface area contributed by atoms with Gasteiger partial charge in [0, 0.05) is 30.7 Å². The first-order chi connectivity index (χ1) is 7.70. The molecule has 16 heavy (non-hydrogen) atoms. The van der Waals surface area contributed by atoms with E-state index in [1.165, 1.54) is 11.3 Å². The minimum atomic E-state index is 0.809. The smallest absolute Gasteiger partial charge is 0.209 e. The van der Waals surface area contributed by atoms with E-state index in [2.05, 4.69) is 46.0 Å². The van der Waals surface area contributed by atoms with E-state index in [4.69, 9.17) is 0 Å². The maximum absolute atomic E-state index is 10.6. The van der Waals surface area contributed by atoms with E-state index in [0.717, 1.165) is 37.1 Å². The number of hydrogen-bond acceptors (Lipinski definition) is 2. The molecule has 1 saturated heterocycles. The number of hydrogen-bond donors (Lipinski definition) is 0. The molecule has 1 aromatic carbocycles. The summed E-state index contributed by atoms with van der Waals surface area (Å²) in [5, 5.41) is 0. The number of benzene rings is 1. The first kappa shape index (κ1) is 11.5. The van der Waals surface area contributed by atoms with Gasteiger partial charge in [-0.25, -0.2) is 0 Å². The van der Waals surface area contributed by atoms with Gasteiger partial charge in [-0.3, -0.25) is 4.79 Å². The second-order valence-electron chi connectivity index (χ2n) is 4.08. The third-order valence-electron chi connectivity index (χ3n) is 2.91. The molecule has 0 saturated carbocycles. The summed E-state index contributed by atoms with van der Waals surface area (Å²) in [4.78, 5) is 14.7. The van der Waals surface area contributed by atoms with Crippen molar-refractivity contribution in [3.05, 3.63) is 28.2 Å². The largest absolute Gasteiger partial charge is 0.367 e. The lowest BCUT2D eigenvalue weighted by Gasteiger charge is -2.34. The maximum Gasteiger partial charge on any atom is 0.209 e. The number of carbonyl (C=O) groups excluding carboxylic acids is 1. The van der Waals surface area contributed by atoms with Gasteiger partial charge >= 0.3 is 0 Å². The highest BCUT2D eigenvalue weighted by Gasteiger charge is 2.17. The molecule has 1 aliphatic rings. The summed E-state index contributed by atoms with van der Waals surface area (Å²) in [5.41, 5.74) is 2.47. The summed E-state index contributed by atoms with van der Waals surface area (Å²) in [7, 11) is 0. The van der Waals surface area contributed by atoms with Crippen molar-refractivity contribution in [3.8, 4) is 0 Å². The van der Waals surface area contributed by atoms with E-state index in [1.807, 2.05) is 4.90 Å². The topological polar surface area (TPSA) is 23.6 Å². The summed E-state index contributed by atoms with van der Waals surface area (Å²) in [6.07, 6.45) is 0.932. The third kappa shape index (κ3) is 2.38. The number of piperazine rings is 1. The SMILES string of the molecule is Cc1ccc(N2CCN(C=O)CC2)c(Br)c1. The lowest BCUT2D eigenvalue weighted by molar-refractivity contribution is -0.118. The Bertz CT molecular complexity index is 387. The first-order valence-corrected chi connectivity index (χ1v) is 6.20. The molecule has 0 aliphatic carbocycles. The van der Waals surface area contributed by atoms with Gasteiger partial charge in [0.15, 0.2) is 0 Å². The molecule has 1 aliphatic heterocycles. The van der Waals surface area contributed by atoms with Gasteiger partial charge in [0.05, 0.1) is 5.69 Å². The van der Waals surface area contributed by atoms with Crippen molar-refractivity contribution in [1.29, 1.82) is 0 Å². The molecule has 0 N–H and O–H groups in total. The molecule has 0 aromatic heterocycles. The van der Waals surface area contributed by atoms with E-state index in [1.54, 1.807) is 0 Å². The van der Waals surface area contributed by atoms with Crippen LogP contribution in [-0.4, -0.2) is 37.5 Å². The van der Waals surface area contributed by atoms with Crippen LogP contribution in [0.5, 0.6) is 0 Å². The van der Waals surface area contributed by atoms with Crippen LogP contribution in [0.1, 0.15) is 5.56 Å². The van der Waals surface area contributed by atoms with E-state index < -0.39 is 0 Å². The van der Waals surface area contributed by atoms with Crippen LogP contribution in [0.25, 0.3) is 0 Å². The standard InChI is InChI=1S/C12H15BrN2O/c1-10-2-3-12(11(13)8-10)15-6-4-14(9-16)5-7-15/h2-3,8-9H,4-7H2,1H3. The average Bonchev–Trinajstić information content (AvgIpc) is 2.29. The molecule has 0 radical (unpaired) electrons. The Labute approximate surface area is 104 Å². The van der Waals surface area contributed by atoms with Crippen molar-refractivity contribution in [2.45, 2.75) is 6.92 Å². The molecular weight excluding hydrogens is 268 g/mol. The van der Waals surface area contributed by atoms with Crippen molar-refractivity contribution >= 4 is 28.0 Å². The average molecular weight is 283 g/mol. The second kappa shape index (κ2) is 4.87. The minimum Gasteiger partial charge on any atom is -0.367 e. The van der Waals surface area contributed by atoms with Gasteiger partial charge in [0.2, 0.25) is 6.41 Å². The molecule has 3 nitrogen and oxygen atoms in total.